The smallest absolute Gasteiger partial charge is 0.307 e. The summed E-state index contributed by atoms with van der Waals surface area (Å²) in [6, 6.07) is 17.0. The number of hydrogen-bond donors (Lipinski definition) is 3. The molecule has 0 saturated carbocycles. The molecule has 0 radical (unpaired) electrons. The van der Waals surface area contributed by atoms with Crippen LogP contribution in [0.15, 0.2) is 77.0 Å². The Morgan fingerprint density at radius 3 is 2.37 bits per heavy atom. The molecule has 1 aliphatic rings. The molecule has 7 nitrogen and oxygen atoms in total. The molecule has 1 heterocycles. The van der Waals surface area contributed by atoms with Gasteiger partial charge in [-0.2, -0.15) is 0 Å². The molecule has 4 rings (SSSR count). The first-order chi connectivity index (χ1) is 16.9. The molecule has 1 aromatic heterocycles. The quantitative estimate of drug-likeness (QED) is 0.273. The van der Waals surface area contributed by atoms with E-state index in [-0.39, 0.29) is 17.1 Å². The van der Waals surface area contributed by atoms with Gasteiger partial charge in [-0.05, 0) is 44.0 Å². The predicted octanol–water partition coefficient (Wildman–Crippen LogP) is 5.53. The highest BCUT2D eigenvalue weighted by molar-refractivity contribution is 8.00. The fraction of sp³-hybridized carbons (Fsp3) is 0.231. The highest BCUT2D eigenvalue weighted by Crippen LogP contribution is 2.30. The molecule has 0 aliphatic heterocycles. The zero-order valence-electron chi connectivity index (χ0n) is 19.0. The van der Waals surface area contributed by atoms with Gasteiger partial charge in [0.15, 0.2) is 5.13 Å². The molecule has 3 atom stereocenters. The van der Waals surface area contributed by atoms with Crippen LogP contribution in [0.4, 0.5) is 10.8 Å². The second-order valence-corrected chi connectivity index (χ2v) is 10.4. The molecule has 0 spiro atoms. The molecule has 0 saturated heterocycles. The summed E-state index contributed by atoms with van der Waals surface area (Å²) in [6.07, 6.45) is 4.43. The van der Waals surface area contributed by atoms with E-state index in [1.54, 1.807) is 12.1 Å². The average Bonchev–Trinajstić information content (AvgIpc) is 3.34. The van der Waals surface area contributed by atoms with Crippen molar-refractivity contribution in [2.75, 3.05) is 10.6 Å². The first-order valence-corrected chi connectivity index (χ1v) is 12.9. The lowest BCUT2D eigenvalue weighted by atomic mass is 9.82. The third-order valence-electron chi connectivity index (χ3n) is 5.69. The molecule has 3 N–H and O–H groups in total. The molecule has 2 amide bonds. The highest BCUT2D eigenvalue weighted by atomic mass is 32.2. The van der Waals surface area contributed by atoms with E-state index in [0.717, 1.165) is 16.2 Å². The lowest BCUT2D eigenvalue weighted by Gasteiger charge is -2.24. The van der Waals surface area contributed by atoms with Crippen LogP contribution < -0.4 is 10.6 Å². The molecule has 9 heteroatoms. The van der Waals surface area contributed by atoms with Gasteiger partial charge in [0.1, 0.15) is 0 Å². The van der Waals surface area contributed by atoms with Crippen LogP contribution >= 0.6 is 23.1 Å². The van der Waals surface area contributed by atoms with Gasteiger partial charge in [-0.15, -0.1) is 23.1 Å². The van der Waals surface area contributed by atoms with Gasteiger partial charge >= 0.3 is 5.97 Å². The molecule has 3 aromatic rings. The Labute approximate surface area is 211 Å². The van der Waals surface area contributed by atoms with E-state index in [1.807, 2.05) is 66.9 Å². The van der Waals surface area contributed by atoms with Crippen molar-refractivity contribution in [2.45, 2.75) is 29.9 Å². The maximum atomic E-state index is 12.7. The van der Waals surface area contributed by atoms with Crippen LogP contribution in [-0.4, -0.2) is 33.1 Å². The van der Waals surface area contributed by atoms with Gasteiger partial charge in [-0.25, -0.2) is 4.98 Å². The second-order valence-electron chi connectivity index (χ2n) is 8.16. The van der Waals surface area contributed by atoms with Gasteiger partial charge in [0.05, 0.1) is 22.8 Å². The summed E-state index contributed by atoms with van der Waals surface area (Å²) in [7, 11) is 0. The van der Waals surface area contributed by atoms with Crippen molar-refractivity contribution in [2.24, 2.45) is 11.8 Å². The van der Waals surface area contributed by atoms with Gasteiger partial charge < -0.3 is 15.7 Å². The van der Waals surface area contributed by atoms with Gasteiger partial charge in [0, 0.05) is 21.5 Å². The lowest BCUT2D eigenvalue weighted by molar-refractivity contribution is -0.146. The number of benzene rings is 2. The Kier molecular flexibility index (Phi) is 7.99. The number of carbonyl (C=O) groups excluding carboxylic acids is 2. The summed E-state index contributed by atoms with van der Waals surface area (Å²) in [5, 5.41) is 17.2. The number of nitrogens with zero attached hydrogens (tertiary/aromatic N) is 1. The Hall–Kier alpha value is -3.43. The minimum Gasteiger partial charge on any atom is -0.481 e. The summed E-state index contributed by atoms with van der Waals surface area (Å²) in [4.78, 5) is 42.1. The summed E-state index contributed by atoms with van der Waals surface area (Å²) >= 11 is 2.78. The van der Waals surface area contributed by atoms with Crippen LogP contribution in [0.1, 0.15) is 19.8 Å². The Bertz CT molecular complexity index is 1220. The van der Waals surface area contributed by atoms with Crippen molar-refractivity contribution in [3.63, 3.8) is 0 Å². The molecule has 2 aromatic carbocycles. The zero-order chi connectivity index (χ0) is 24.8. The van der Waals surface area contributed by atoms with Crippen molar-refractivity contribution < 1.29 is 19.5 Å². The molecule has 1 aliphatic carbocycles. The Balaban J connectivity index is 1.30. The molecular weight excluding hydrogens is 482 g/mol. The third kappa shape index (κ3) is 6.37. The fourth-order valence-electron chi connectivity index (χ4n) is 3.77. The van der Waals surface area contributed by atoms with Crippen molar-refractivity contribution >= 4 is 51.7 Å². The zero-order valence-corrected chi connectivity index (χ0v) is 20.6. The van der Waals surface area contributed by atoms with Crippen molar-refractivity contribution in [3.05, 3.63) is 72.1 Å². The van der Waals surface area contributed by atoms with Gasteiger partial charge in [-0.1, -0.05) is 42.5 Å². The summed E-state index contributed by atoms with van der Waals surface area (Å²) in [5.74, 6) is -2.71. The summed E-state index contributed by atoms with van der Waals surface area (Å²) in [5.41, 5.74) is 2.41. The number of carbonyl (C=O) groups is 3. The van der Waals surface area contributed by atoms with Crippen LogP contribution in [-0.2, 0) is 14.4 Å². The summed E-state index contributed by atoms with van der Waals surface area (Å²) in [6.45, 7) is 1.82. The molecular formula is C26H25N3O4S2. The number of amides is 2. The number of thioether (sulfide) groups is 1. The maximum absolute atomic E-state index is 12.7. The number of allylic oxidation sites excluding steroid dienone is 2. The minimum atomic E-state index is -0.956. The number of anilines is 2. The Morgan fingerprint density at radius 1 is 1.00 bits per heavy atom. The standard InChI is InChI=1S/C26H25N3O4S2/c1-16(23(30)29-26-28-22(15-34-26)17-7-3-2-4-8-17)35-19-13-11-18(12-14-19)27-24(31)20-9-5-6-10-21(20)25(32)33/h2-8,11-16,20-21H,9-10H2,1H3,(H,27,31)(H,32,33)(H,28,29,30). The number of hydrogen-bond acceptors (Lipinski definition) is 6. The van der Waals surface area contributed by atoms with Crippen LogP contribution in [0.3, 0.4) is 0 Å². The van der Waals surface area contributed by atoms with Crippen LogP contribution in [0.25, 0.3) is 11.3 Å². The topological polar surface area (TPSA) is 108 Å². The maximum Gasteiger partial charge on any atom is 0.307 e. The van der Waals surface area contributed by atoms with Gasteiger partial charge in [-0.3, -0.25) is 14.4 Å². The van der Waals surface area contributed by atoms with E-state index >= 15 is 0 Å². The van der Waals surface area contributed by atoms with E-state index in [4.69, 9.17) is 0 Å². The third-order valence-corrected chi connectivity index (χ3v) is 7.56. The van der Waals surface area contributed by atoms with Crippen LogP contribution in [0.5, 0.6) is 0 Å². The van der Waals surface area contributed by atoms with E-state index in [2.05, 4.69) is 15.6 Å². The monoisotopic (exact) mass is 507 g/mol. The number of carboxylic acid groups (broad SMARTS) is 1. The molecule has 180 valence electrons. The van der Waals surface area contributed by atoms with Gasteiger partial charge in [0.2, 0.25) is 11.8 Å². The number of carboxylic acids is 1. The molecule has 3 unspecified atom stereocenters. The average molecular weight is 508 g/mol. The first kappa shape index (κ1) is 24.7. The number of aliphatic carboxylic acids is 1. The predicted molar refractivity (Wildman–Crippen MR) is 140 cm³/mol. The van der Waals surface area contributed by atoms with Crippen molar-refractivity contribution in [1.29, 1.82) is 0 Å². The van der Waals surface area contributed by atoms with Crippen molar-refractivity contribution in [1.82, 2.24) is 4.98 Å². The fourth-order valence-corrected chi connectivity index (χ4v) is 5.36. The van der Waals surface area contributed by atoms with Crippen LogP contribution in [0.2, 0.25) is 0 Å². The highest BCUT2D eigenvalue weighted by Gasteiger charge is 2.33. The van der Waals surface area contributed by atoms with E-state index < -0.39 is 17.8 Å². The number of nitrogens with one attached hydrogen (secondary N) is 2. The second kappa shape index (κ2) is 11.3. The van der Waals surface area contributed by atoms with Crippen molar-refractivity contribution in [3.8, 4) is 11.3 Å². The molecule has 0 bridgehead atoms. The van der Waals surface area contributed by atoms with Gasteiger partial charge in [0.25, 0.3) is 0 Å². The summed E-state index contributed by atoms with van der Waals surface area (Å²) < 4.78 is 0. The lowest BCUT2D eigenvalue weighted by Crippen LogP contribution is -2.34. The van der Waals surface area contributed by atoms with E-state index in [1.165, 1.54) is 23.1 Å². The van der Waals surface area contributed by atoms with Crippen LogP contribution in [0, 0.1) is 11.8 Å². The Morgan fingerprint density at radius 2 is 1.69 bits per heavy atom. The molecule has 35 heavy (non-hydrogen) atoms. The van der Waals surface area contributed by atoms with E-state index in [0.29, 0.717) is 23.7 Å². The number of thiazole rings is 1. The first-order valence-electron chi connectivity index (χ1n) is 11.2. The number of aromatic nitrogens is 1. The minimum absolute atomic E-state index is 0.147. The SMILES string of the molecule is CC(Sc1ccc(NC(=O)C2CC=CCC2C(=O)O)cc1)C(=O)Nc1nc(-c2ccccc2)cs1. The molecule has 0 fully saturated rings. The van der Waals surface area contributed by atoms with E-state index in [9.17, 15) is 19.5 Å². The number of rotatable bonds is 8. The normalized spacial score (nSPS) is 18.0. The largest absolute Gasteiger partial charge is 0.481 e.